The van der Waals surface area contributed by atoms with E-state index < -0.39 is 0 Å². The Labute approximate surface area is 110 Å². The molecule has 0 fully saturated rings. The van der Waals surface area contributed by atoms with Crippen LogP contribution in [0.3, 0.4) is 0 Å². The fourth-order valence-electron chi connectivity index (χ4n) is 2.35. The third-order valence-corrected chi connectivity index (χ3v) is 3.95. The molecule has 100 valence electrons. The highest BCUT2D eigenvalue weighted by molar-refractivity contribution is 5.89. The average molecular weight is 250 g/mol. The van der Waals surface area contributed by atoms with Crippen LogP contribution in [0.1, 0.15) is 38.1 Å². The molecule has 1 rings (SSSR count). The molecule has 0 heterocycles. The molecule has 0 aliphatic carbocycles. The first-order valence-corrected chi connectivity index (χ1v) is 6.71. The highest BCUT2D eigenvalue weighted by Crippen LogP contribution is 2.16. The predicted octanol–water partition coefficient (Wildman–Crippen LogP) is 3.07. The minimum absolute atomic E-state index is 0.113. The number of benzene rings is 1. The molecule has 0 spiro atoms. The molecular formula is C15H24NO2+. The van der Waals surface area contributed by atoms with Crippen LogP contribution in [0.4, 0.5) is 0 Å². The Balaban J connectivity index is 2.75. The Kier molecular flexibility index (Phi) is 5.35. The topological polar surface area (TPSA) is 26.3 Å². The first-order chi connectivity index (χ1) is 8.59. The Morgan fingerprint density at radius 1 is 1.11 bits per heavy atom. The Hall–Kier alpha value is -1.35. The lowest BCUT2D eigenvalue weighted by Crippen LogP contribution is -2.55. The Bertz CT molecular complexity index is 363. The first kappa shape index (κ1) is 14.7. The summed E-state index contributed by atoms with van der Waals surface area (Å²) in [5.41, 5.74) is 0.616. The van der Waals surface area contributed by atoms with Gasteiger partial charge >= 0.3 is 5.97 Å². The molecule has 0 radical (unpaired) electrons. The highest BCUT2D eigenvalue weighted by atomic mass is 16.6. The molecule has 0 N–H and O–H groups in total. The van der Waals surface area contributed by atoms with Crippen LogP contribution >= 0.6 is 0 Å². The van der Waals surface area contributed by atoms with E-state index in [1.165, 1.54) is 0 Å². The molecule has 18 heavy (non-hydrogen) atoms. The summed E-state index contributed by atoms with van der Waals surface area (Å²) in [7, 11) is 0. The molecule has 1 atom stereocenters. The number of esters is 1. The number of ether oxygens (including phenoxy) is 1. The van der Waals surface area contributed by atoms with Gasteiger partial charge in [-0.15, -0.1) is 0 Å². The summed E-state index contributed by atoms with van der Waals surface area (Å²) in [4.78, 5) is 12.0. The molecule has 0 bridgehead atoms. The van der Waals surface area contributed by atoms with Crippen molar-refractivity contribution in [3.05, 3.63) is 35.9 Å². The first-order valence-electron chi connectivity index (χ1n) is 6.71. The third kappa shape index (κ3) is 3.10. The number of hydrogen-bond acceptors (Lipinski definition) is 2. The molecule has 0 saturated carbocycles. The molecule has 1 aromatic carbocycles. The maximum absolute atomic E-state index is 12.0. The van der Waals surface area contributed by atoms with Gasteiger partial charge in [0.25, 0.3) is 0 Å². The molecule has 0 saturated heterocycles. The highest BCUT2D eigenvalue weighted by Gasteiger charge is 2.31. The van der Waals surface area contributed by atoms with E-state index in [-0.39, 0.29) is 12.2 Å². The van der Waals surface area contributed by atoms with Gasteiger partial charge < -0.3 is 4.74 Å². The van der Waals surface area contributed by atoms with Crippen molar-refractivity contribution in [2.24, 2.45) is 0 Å². The van der Waals surface area contributed by atoms with E-state index in [4.69, 9.17) is 4.74 Å². The fraction of sp³-hybridized carbons (Fsp3) is 0.533. The Morgan fingerprint density at radius 3 is 2.06 bits per heavy atom. The SMILES string of the molecule is CC[N+](CC)(CC)C(C)OC(=O)c1ccccc1. The molecule has 0 aromatic heterocycles. The molecular weight excluding hydrogens is 226 g/mol. The van der Waals surface area contributed by atoms with E-state index in [1.807, 2.05) is 25.1 Å². The number of carbonyl (C=O) groups is 1. The lowest BCUT2D eigenvalue weighted by Gasteiger charge is -2.40. The predicted molar refractivity (Wildman–Crippen MR) is 73.2 cm³/mol. The van der Waals surface area contributed by atoms with Crippen molar-refractivity contribution in [2.45, 2.75) is 33.9 Å². The number of nitrogens with zero attached hydrogens (tertiary/aromatic N) is 1. The molecule has 3 heteroatoms. The zero-order valence-electron chi connectivity index (χ0n) is 11.8. The van der Waals surface area contributed by atoms with E-state index in [0.29, 0.717) is 5.56 Å². The largest absolute Gasteiger partial charge is 0.409 e. The van der Waals surface area contributed by atoms with Crippen molar-refractivity contribution in [1.82, 2.24) is 0 Å². The number of carbonyl (C=O) groups excluding carboxylic acids is 1. The molecule has 0 aliphatic heterocycles. The maximum Gasteiger partial charge on any atom is 0.342 e. The van der Waals surface area contributed by atoms with E-state index in [0.717, 1.165) is 24.1 Å². The maximum atomic E-state index is 12.0. The molecule has 3 nitrogen and oxygen atoms in total. The van der Waals surface area contributed by atoms with Gasteiger partial charge in [0.15, 0.2) is 0 Å². The second-order valence-corrected chi connectivity index (χ2v) is 4.54. The van der Waals surface area contributed by atoms with Crippen LogP contribution in [0.25, 0.3) is 0 Å². The van der Waals surface area contributed by atoms with Gasteiger partial charge in [0, 0.05) is 6.92 Å². The van der Waals surface area contributed by atoms with Crippen LogP contribution in [-0.4, -0.2) is 36.3 Å². The van der Waals surface area contributed by atoms with Crippen LogP contribution in [0, 0.1) is 0 Å². The van der Waals surface area contributed by atoms with Crippen molar-refractivity contribution in [1.29, 1.82) is 0 Å². The minimum atomic E-state index is -0.235. The summed E-state index contributed by atoms with van der Waals surface area (Å²) in [5.74, 6) is -0.235. The smallest absolute Gasteiger partial charge is 0.342 e. The molecule has 0 aliphatic rings. The van der Waals surface area contributed by atoms with Crippen LogP contribution in [0.2, 0.25) is 0 Å². The van der Waals surface area contributed by atoms with Gasteiger partial charge in [-0.3, -0.25) is 4.48 Å². The lowest BCUT2D eigenvalue weighted by atomic mass is 10.2. The minimum Gasteiger partial charge on any atom is -0.409 e. The van der Waals surface area contributed by atoms with Gasteiger partial charge in [-0.05, 0) is 32.9 Å². The van der Waals surface area contributed by atoms with Crippen molar-refractivity contribution < 1.29 is 14.0 Å². The number of rotatable bonds is 6. The van der Waals surface area contributed by atoms with Crippen LogP contribution < -0.4 is 0 Å². The normalized spacial score (nSPS) is 13.1. The standard InChI is InChI=1S/C15H24NO2/c1-5-16(6-2,7-3)13(4)18-15(17)14-11-9-8-10-12-14/h8-13H,5-7H2,1-4H3/q+1. The monoisotopic (exact) mass is 250 g/mol. The lowest BCUT2D eigenvalue weighted by molar-refractivity contribution is -0.962. The van der Waals surface area contributed by atoms with Gasteiger partial charge in [0.05, 0.1) is 25.2 Å². The molecule has 1 aromatic rings. The summed E-state index contributed by atoms with van der Waals surface area (Å²) in [6.07, 6.45) is -0.113. The van der Waals surface area contributed by atoms with E-state index in [9.17, 15) is 4.79 Å². The van der Waals surface area contributed by atoms with Crippen LogP contribution in [0.5, 0.6) is 0 Å². The summed E-state index contributed by atoms with van der Waals surface area (Å²) in [6, 6.07) is 9.16. The van der Waals surface area contributed by atoms with E-state index >= 15 is 0 Å². The van der Waals surface area contributed by atoms with Gasteiger partial charge in [-0.25, -0.2) is 4.79 Å². The average Bonchev–Trinajstić information content (AvgIpc) is 2.42. The molecule has 1 unspecified atom stereocenters. The summed E-state index contributed by atoms with van der Waals surface area (Å²) in [5, 5.41) is 0. The van der Waals surface area contributed by atoms with Crippen molar-refractivity contribution in [3.8, 4) is 0 Å². The molecule has 0 amide bonds. The van der Waals surface area contributed by atoms with Crippen molar-refractivity contribution in [3.63, 3.8) is 0 Å². The van der Waals surface area contributed by atoms with Gasteiger partial charge in [0.1, 0.15) is 0 Å². The second kappa shape index (κ2) is 6.55. The summed E-state index contributed by atoms with van der Waals surface area (Å²) >= 11 is 0. The fourth-order valence-corrected chi connectivity index (χ4v) is 2.35. The zero-order valence-corrected chi connectivity index (χ0v) is 11.8. The second-order valence-electron chi connectivity index (χ2n) is 4.54. The van der Waals surface area contributed by atoms with Gasteiger partial charge in [-0.1, -0.05) is 18.2 Å². The quantitative estimate of drug-likeness (QED) is 0.440. The summed E-state index contributed by atoms with van der Waals surface area (Å²) < 4.78 is 6.41. The van der Waals surface area contributed by atoms with Crippen LogP contribution in [0.15, 0.2) is 30.3 Å². The van der Waals surface area contributed by atoms with E-state index in [1.54, 1.807) is 12.1 Å². The summed E-state index contributed by atoms with van der Waals surface area (Å²) in [6.45, 7) is 11.3. The van der Waals surface area contributed by atoms with Crippen molar-refractivity contribution in [2.75, 3.05) is 19.6 Å². The van der Waals surface area contributed by atoms with Gasteiger partial charge in [0.2, 0.25) is 6.23 Å². The van der Waals surface area contributed by atoms with Crippen LogP contribution in [-0.2, 0) is 4.74 Å². The van der Waals surface area contributed by atoms with Gasteiger partial charge in [-0.2, -0.15) is 0 Å². The Morgan fingerprint density at radius 2 is 1.61 bits per heavy atom. The third-order valence-electron chi connectivity index (χ3n) is 3.95. The number of quaternary nitrogens is 1. The van der Waals surface area contributed by atoms with E-state index in [2.05, 4.69) is 20.8 Å². The number of hydrogen-bond donors (Lipinski definition) is 0. The zero-order chi connectivity index (χ0) is 13.6. The van der Waals surface area contributed by atoms with Crippen molar-refractivity contribution >= 4 is 5.97 Å².